The van der Waals surface area contributed by atoms with Crippen LogP contribution in [0.3, 0.4) is 0 Å². The van der Waals surface area contributed by atoms with Crippen molar-refractivity contribution in [2.45, 2.75) is 13.0 Å². The Balaban J connectivity index is 2.25. The van der Waals surface area contributed by atoms with E-state index in [9.17, 15) is 0 Å². The first kappa shape index (κ1) is 14.7. The molecule has 2 nitrogen and oxygen atoms in total. The fourth-order valence-electron chi connectivity index (χ4n) is 1.88. The highest BCUT2D eigenvalue weighted by molar-refractivity contribution is 9.10. The van der Waals surface area contributed by atoms with Gasteiger partial charge in [0, 0.05) is 23.4 Å². The minimum atomic E-state index is 0.227. The van der Waals surface area contributed by atoms with E-state index in [1.165, 1.54) is 4.88 Å². The molecule has 1 atom stereocenters. The Bertz CT molecular complexity index is 568. The molecule has 0 aliphatic heterocycles. The van der Waals surface area contributed by atoms with Gasteiger partial charge in [0.05, 0.1) is 21.8 Å². The van der Waals surface area contributed by atoms with E-state index in [2.05, 4.69) is 51.3 Å². The molecule has 0 saturated carbocycles. The van der Waals surface area contributed by atoms with Gasteiger partial charge in [-0.05, 0) is 37.3 Å². The molecule has 0 amide bonds. The second kappa shape index (κ2) is 6.16. The van der Waals surface area contributed by atoms with Crippen LogP contribution >= 0.6 is 38.9 Å². The molecule has 0 spiro atoms. The molecule has 1 heterocycles. The van der Waals surface area contributed by atoms with Crippen molar-refractivity contribution in [2.24, 2.45) is 0 Å². The lowest BCUT2D eigenvalue weighted by Gasteiger charge is -2.21. The molecule has 0 fully saturated rings. The SMILES string of the molecule is CC(Nc1cc(Br)ccc1N(C)C)c1ccc(Cl)s1. The zero-order valence-electron chi connectivity index (χ0n) is 11.1. The standard InChI is InChI=1S/C14H16BrClN2S/c1-9(13-6-7-14(16)19-13)17-11-8-10(15)4-5-12(11)18(2)3/h4-9,17H,1-3H3. The summed E-state index contributed by atoms with van der Waals surface area (Å²) in [5.41, 5.74) is 2.27. The summed E-state index contributed by atoms with van der Waals surface area (Å²) in [7, 11) is 4.09. The predicted molar refractivity (Wildman–Crippen MR) is 89.8 cm³/mol. The van der Waals surface area contributed by atoms with E-state index in [1.807, 2.05) is 26.2 Å². The maximum atomic E-state index is 5.99. The number of nitrogens with one attached hydrogen (secondary N) is 1. The van der Waals surface area contributed by atoms with Crippen LogP contribution in [0.25, 0.3) is 0 Å². The van der Waals surface area contributed by atoms with E-state index < -0.39 is 0 Å². The summed E-state index contributed by atoms with van der Waals surface area (Å²) in [5.74, 6) is 0. The van der Waals surface area contributed by atoms with Crippen molar-refractivity contribution in [1.82, 2.24) is 0 Å². The van der Waals surface area contributed by atoms with Gasteiger partial charge in [-0.15, -0.1) is 11.3 Å². The smallest absolute Gasteiger partial charge is 0.0932 e. The van der Waals surface area contributed by atoms with Crippen LogP contribution in [0.2, 0.25) is 4.34 Å². The quantitative estimate of drug-likeness (QED) is 0.786. The maximum absolute atomic E-state index is 5.99. The highest BCUT2D eigenvalue weighted by Crippen LogP contribution is 2.33. The molecule has 102 valence electrons. The molecule has 1 aromatic heterocycles. The van der Waals surface area contributed by atoms with Gasteiger partial charge in [0.15, 0.2) is 0 Å². The van der Waals surface area contributed by atoms with Crippen molar-refractivity contribution in [3.63, 3.8) is 0 Å². The van der Waals surface area contributed by atoms with E-state index in [4.69, 9.17) is 11.6 Å². The molecule has 1 unspecified atom stereocenters. The number of benzene rings is 1. The minimum absolute atomic E-state index is 0.227. The molecule has 0 radical (unpaired) electrons. The molecule has 0 aliphatic carbocycles. The monoisotopic (exact) mass is 358 g/mol. The van der Waals surface area contributed by atoms with Gasteiger partial charge in [0.2, 0.25) is 0 Å². The average molecular weight is 360 g/mol. The Morgan fingerprint density at radius 2 is 2.00 bits per heavy atom. The van der Waals surface area contributed by atoms with E-state index in [0.29, 0.717) is 0 Å². The summed E-state index contributed by atoms with van der Waals surface area (Å²) >= 11 is 11.1. The number of thiophene rings is 1. The van der Waals surface area contributed by atoms with Gasteiger partial charge in [0.1, 0.15) is 0 Å². The summed E-state index contributed by atoms with van der Waals surface area (Å²) in [6, 6.07) is 10.5. The molecule has 1 N–H and O–H groups in total. The predicted octanol–water partition coefficient (Wildman–Crippen LogP) is 5.40. The zero-order valence-corrected chi connectivity index (χ0v) is 14.2. The van der Waals surface area contributed by atoms with Gasteiger partial charge in [-0.2, -0.15) is 0 Å². The third-order valence-corrected chi connectivity index (χ3v) is 4.74. The van der Waals surface area contributed by atoms with Gasteiger partial charge in [0.25, 0.3) is 0 Å². The summed E-state index contributed by atoms with van der Waals surface area (Å²) in [4.78, 5) is 3.33. The summed E-state index contributed by atoms with van der Waals surface area (Å²) < 4.78 is 1.89. The Morgan fingerprint density at radius 3 is 2.58 bits per heavy atom. The molecule has 2 rings (SSSR count). The lowest BCUT2D eigenvalue weighted by molar-refractivity contribution is 0.905. The van der Waals surface area contributed by atoms with Crippen LogP contribution in [0.4, 0.5) is 11.4 Å². The minimum Gasteiger partial charge on any atom is -0.376 e. The highest BCUT2D eigenvalue weighted by atomic mass is 79.9. The highest BCUT2D eigenvalue weighted by Gasteiger charge is 2.12. The molecule has 0 aliphatic rings. The first-order valence-corrected chi connectivity index (χ1v) is 7.95. The van der Waals surface area contributed by atoms with Crippen molar-refractivity contribution in [2.75, 3.05) is 24.3 Å². The van der Waals surface area contributed by atoms with Crippen LogP contribution in [-0.4, -0.2) is 14.1 Å². The van der Waals surface area contributed by atoms with Crippen molar-refractivity contribution < 1.29 is 0 Å². The Hall–Kier alpha value is -0.710. The molecule has 2 aromatic rings. The van der Waals surface area contributed by atoms with E-state index in [-0.39, 0.29) is 6.04 Å². The molecule has 0 bridgehead atoms. The number of rotatable bonds is 4. The number of nitrogens with zero attached hydrogens (tertiary/aromatic N) is 1. The van der Waals surface area contributed by atoms with E-state index in [0.717, 1.165) is 20.2 Å². The largest absolute Gasteiger partial charge is 0.376 e. The van der Waals surface area contributed by atoms with Gasteiger partial charge < -0.3 is 10.2 Å². The van der Waals surface area contributed by atoms with Crippen molar-refractivity contribution in [1.29, 1.82) is 0 Å². The van der Waals surface area contributed by atoms with Crippen molar-refractivity contribution >= 4 is 50.2 Å². The Kier molecular flexibility index (Phi) is 4.76. The Morgan fingerprint density at radius 1 is 1.26 bits per heavy atom. The second-order valence-corrected chi connectivity index (χ2v) is 7.23. The zero-order chi connectivity index (χ0) is 14.0. The molecular formula is C14H16BrClN2S. The Labute approximate surface area is 131 Å². The fourth-order valence-corrected chi connectivity index (χ4v) is 3.30. The van der Waals surface area contributed by atoms with Crippen molar-refractivity contribution in [3.05, 3.63) is 44.0 Å². The van der Waals surface area contributed by atoms with Crippen LogP contribution in [-0.2, 0) is 0 Å². The topological polar surface area (TPSA) is 15.3 Å². The van der Waals surface area contributed by atoms with Crippen LogP contribution in [0.15, 0.2) is 34.8 Å². The van der Waals surface area contributed by atoms with Gasteiger partial charge in [-0.1, -0.05) is 27.5 Å². The van der Waals surface area contributed by atoms with Gasteiger partial charge in [-0.3, -0.25) is 0 Å². The summed E-state index contributed by atoms with van der Waals surface area (Å²) in [5, 5.41) is 3.54. The third-order valence-electron chi connectivity index (χ3n) is 2.83. The number of halogens is 2. The number of hydrogen-bond donors (Lipinski definition) is 1. The fraction of sp³-hybridized carbons (Fsp3) is 0.286. The second-order valence-electron chi connectivity index (χ2n) is 4.56. The van der Waals surface area contributed by atoms with Gasteiger partial charge >= 0.3 is 0 Å². The van der Waals surface area contributed by atoms with E-state index in [1.54, 1.807) is 11.3 Å². The van der Waals surface area contributed by atoms with Crippen LogP contribution in [0.1, 0.15) is 17.8 Å². The molecule has 1 aromatic carbocycles. The maximum Gasteiger partial charge on any atom is 0.0932 e. The number of anilines is 2. The summed E-state index contributed by atoms with van der Waals surface area (Å²) in [6.45, 7) is 2.14. The first-order chi connectivity index (χ1) is 8.97. The van der Waals surface area contributed by atoms with Crippen LogP contribution in [0.5, 0.6) is 0 Å². The number of hydrogen-bond acceptors (Lipinski definition) is 3. The normalized spacial score (nSPS) is 12.3. The molecular weight excluding hydrogens is 344 g/mol. The molecule has 5 heteroatoms. The lowest BCUT2D eigenvalue weighted by atomic mass is 10.2. The third kappa shape index (κ3) is 3.65. The molecule has 0 saturated heterocycles. The lowest BCUT2D eigenvalue weighted by Crippen LogP contribution is -2.13. The van der Waals surface area contributed by atoms with Crippen LogP contribution < -0.4 is 10.2 Å². The van der Waals surface area contributed by atoms with Gasteiger partial charge in [-0.25, -0.2) is 0 Å². The van der Waals surface area contributed by atoms with E-state index >= 15 is 0 Å². The van der Waals surface area contributed by atoms with Crippen LogP contribution in [0, 0.1) is 0 Å². The molecule has 19 heavy (non-hydrogen) atoms. The summed E-state index contributed by atoms with van der Waals surface area (Å²) in [6.07, 6.45) is 0. The first-order valence-electron chi connectivity index (χ1n) is 5.96. The van der Waals surface area contributed by atoms with Crippen molar-refractivity contribution in [3.8, 4) is 0 Å². The average Bonchev–Trinajstić information content (AvgIpc) is 2.75.